The van der Waals surface area contributed by atoms with Gasteiger partial charge in [0.1, 0.15) is 12.1 Å². The molecule has 0 aliphatic carbocycles. The highest BCUT2D eigenvalue weighted by atomic mass is 32.1. The van der Waals surface area contributed by atoms with Crippen LogP contribution < -0.4 is 5.32 Å². The zero-order chi connectivity index (χ0) is 15.4. The Bertz CT molecular complexity index is 529. The number of thiophene rings is 1. The molecule has 2 amide bonds. The van der Waals surface area contributed by atoms with E-state index in [2.05, 4.69) is 5.32 Å². The molecule has 21 heavy (non-hydrogen) atoms. The molecule has 1 aliphatic heterocycles. The van der Waals surface area contributed by atoms with E-state index in [-0.39, 0.29) is 5.91 Å². The van der Waals surface area contributed by atoms with Crippen LogP contribution in [0.5, 0.6) is 0 Å². The molecule has 1 fully saturated rings. The summed E-state index contributed by atoms with van der Waals surface area (Å²) in [4.78, 5) is 37.6. The van der Waals surface area contributed by atoms with E-state index >= 15 is 0 Å². The van der Waals surface area contributed by atoms with Crippen LogP contribution in [0, 0.1) is 0 Å². The summed E-state index contributed by atoms with van der Waals surface area (Å²) in [6, 6.07) is 1.98. The van der Waals surface area contributed by atoms with Gasteiger partial charge in [-0.3, -0.25) is 14.4 Å². The molecule has 1 aliphatic rings. The molecule has 2 rings (SSSR count). The normalized spacial score (nSPS) is 19.9. The molecule has 1 aromatic heterocycles. The number of carboxylic acid groups (broad SMARTS) is 1. The lowest BCUT2D eigenvalue weighted by Crippen LogP contribution is -2.54. The van der Waals surface area contributed by atoms with Crippen molar-refractivity contribution in [2.24, 2.45) is 0 Å². The largest absolute Gasteiger partial charge is 0.480 e. The second kappa shape index (κ2) is 6.71. The van der Waals surface area contributed by atoms with Gasteiger partial charge in [-0.05, 0) is 37.6 Å². The summed E-state index contributed by atoms with van der Waals surface area (Å²) in [7, 11) is 0. The van der Waals surface area contributed by atoms with Crippen molar-refractivity contribution in [2.75, 3.05) is 6.54 Å². The Morgan fingerprint density at radius 2 is 2.19 bits per heavy atom. The maximum Gasteiger partial charge on any atom is 0.325 e. The molecule has 0 bridgehead atoms. The van der Waals surface area contributed by atoms with Gasteiger partial charge < -0.3 is 15.3 Å². The first-order valence-electron chi connectivity index (χ1n) is 6.88. The zero-order valence-electron chi connectivity index (χ0n) is 11.7. The number of amides is 2. The van der Waals surface area contributed by atoms with E-state index in [1.165, 1.54) is 18.3 Å². The fraction of sp³-hybridized carbons (Fsp3) is 0.500. The second-order valence-corrected chi connectivity index (χ2v) is 6.00. The smallest absolute Gasteiger partial charge is 0.325 e. The van der Waals surface area contributed by atoms with E-state index in [0.29, 0.717) is 17.8 Å². The Hall–Kier alpha value is -1.89. The number of carbonyl (C=O) groups is 3. The molecule has 114 valence electrons. The first-order valence-corrected chi connectivity index (χ1v) is 7.76. The fourth-order valence-electron chi connectivity index (χ4n) is 2.36. The van der Waals surface area contributed by atoms with Crippen molar-refractivity contribution in [3.05, 3.63) is 22.4 Å². The SMILES string of the molecule is C[C@H](NC(=O)C1CCCCN1C(=O)c1cccs1)C(=O)O. The van der Waals surface area contributed by atoms with Gasteiger partial charge >= 0.3 is 5.97 Å². The van der Waals surface area contributed by atoms with Crippen LogP contribution >= 0.6 is 11.3 Å². The Morgan fingerprint density at radius 3 is 2.81 bits per heavy atom. The van der Waals surface area contributed by atoms with Crippen molar-refractivity contribution >= 4 is 29.1 Å². The third kappa shape index (κ3) is 3.60. The molecule has 1 aromatic rings. The lowest BCUT2D eigenvalue weighted by atomic mass is 10.0. The van der Waals surface area contributed by atoms with E-state index in [4.69, 9.17) is 5.11 Å². The summed E-state index contributed by atoms with van der Waals surface area (Å²) in [6.45, 7) is 1.94. The van der Waals surface area contributed by atoms with Gasteiger partial charge in [0.05, 0.1) is 4.88 Å². The van der Waals surface area contributed by atoms with Gasteiger partial charge in [-0.25, -0.2) is 0 Å². The molecule has 0 radical (unpaired) electrons. The summed E-state index contributed by atoms with van der Waals surface area (Å²) in [5, 5.41) is 13.1. The van der Waals surface area contributed by atoms with Crippen LogP contribution in [0.3, 0.4) is 0 Å². The Balaban J connectivity index is 2.10. The van der Waals surface area contributed by atoms with Gasteiger partial charge in [0.2, 0.25) is 5.91 Å². The number of aliphatic carboxylic acids is 1. The predicted octanol–water partition coefficient (Wildman–Crippen LogP) is 1.33. The topological polar surface area (TPSA) is 86.7 Å². The van der Waals surface area contributed by atoms with Gasteiger partial charge in [-0.1, -0.05) is 6.07 Å². The van der Waals surface area contributed by atoms with Gasteiger partial charge in [0, 0.05) is 6.54 Å². The van der Waals surface area contributed by atoms with Crippen molar-refractivity contribution in [2.45, 2.75) is 38.3 Å². The number of likely N-dealkylation sites (tertiary alicyclic amines) is 1. The number of hydrogen-bond acceptors (Lipinski definition) is 4. The number of carbonyl (C=O) groups excluding carboxylic acids is 2. The van der Waals surface area contributed by atoms with Crippen LogP contribution in [-0.2, 0) is 9.59 Å². The molecule has 2 heterocycles. The van der Waals surface area contributed by atoms with Crippen LogP contribution in [0.15, 0.2) is 17.5 Å². The maximum absolute atomic E-state index is 12.4. The number of piperidine rings is 1. The first kappa shape index (κ1) is 15.5. The Kier molecular flexibility index (Phi) is 4.95. The Labute approximate surface area is 126 Å². The van der Waals surface area contributed by atoms with Crippen LogP contribution in [0.1, 0.15) is 35.9 Å². The van der Waals surface area contributed by atoms with Crippen molar-refractivity contribution < 1.29 is 19.5 Å². The molecule has 0 saturated carbocycles. The number of rotatable bonds is 4. The highest BCUT2D eigenvalue weighted by Crippen LogP contribution is 2.22. The highest BCUT2D eigenvalue weighted by molar-refractivity contribution is 7.12. The van der Waals surface area contributed by atoms with Crippen molar-refractivity contribution in [1.82, 2.24) is 10.2 Å². The van der Waals surface area contributed by atoms with E-state index in [1.807, 2.05) is 5.38 Å². The second-order valence-electron chi connectivity index (χ2n) is 5.06. The van der Waals surface area contributed by atoms with E-state index in [9.17, 15) is 14.4 Å². The lowest BCUT2D eigenvalue weighted by molar-refractivity contribution is -0.142. The quantitative estimate of drug-likeness (QED) is 0.878. The molecule has 0 aromatic carbocycles. The summed E-state index contributed by atoms with van der Waals surface area (Å²) < 4.78 is 0. The third-order valence-corrected chi connectivity index (χ3v) is 4.39. The van der Waals surface area contributed by atoms with Crippen molar-refractivity contribution in [3.8, 4) is 0 Å². The maximum atomic E-state index is 12.4. The lowest BCUT2D eigenvalue weighted by Gasteiger charge is -2.34. The fourth-order valence-corrected chi connectivity index (χ4v) is 3.04. The zero-order valence-corrected chi connectivity index (χ0v) is 12.6. The van der Waals surface area contributed by atoms with Crippen molar-refractivity contribution in [1.29, 1.82) is 0 Å². The molecule has 6 nitrogen and oxygen atoms in total. The number of carboxylic acids is 1. The summed E-state index contributed by atoms with van der Waals surface area (Å²) in [5.41, 5.74) is 0. The molecule has 1 saturated heterocycles. The van der Waals surface area contributed by atoms with Crippen molar-refractivity contribution in [3.63, 3.8) is 0 Å². The molecular formula is C14H18N2O4S. The number of hydrogen-bond donors (Lipinski definition) is 2. The minimum atomic E-state index is -1.09. The summed E-state index contributed by atoms with van der Waals surface area (Å²) in [6.07, 6.45) is 2.28. The molecule has 0 spiro atoms. The molecule has 7 heteroatoms. The van der Waals surface area contributed by atoms with E-state index < -0.39 is 24.0 Å². The minimum Gasteiger partial charge on any atom is -0.480 e. The highest BCUT2D eigenvalue weighted by Gasteiger charge is 2.34. The van der Waals surface area contributed by atoms with Gasteiger partial charge in [0.25, 0.3) is 5.91 Å². The minimum absolute atomic E-state index is 0.159. The Morgan fingerprint density at radius 1 is 1.43 bits per heavy atom. The number of nitrogens with zero attached hydrogens (tertiary/aromatic N) is 1. The summed E-state index contributed by atoms with van der Waals surface area (Å²) in [5.74, 6) is -1.64. The molecular weight excluding hydrogens is 292 g/mol. The number of nitrogens with one attached hydrogen (secondary N) is 1. The summed E-state index contributed by atoms with van der Waals surface area (Å²) >= 11 is 1.34. The molecule has 1 unspecified atom stereocenters. The first-order chi connectivity index (χ1) is 10.0. The van der Waals surface area contributed by atoms with Crippen LogP contribution in [0.25, 0.3) is 0 Å². The molecule has 2 N–H and O–H groups in total. The van der Waals surface area contributed by atoms with Crippen LogP contribution in [-0.4, -0.2) is 46.4 Å². The molecule has 2 atom stereocenters. The van der Waals surface area contributed by atoms with E-state index in [1.54, 1.807) is 17.0 Å². The third-order valence-electron chi connectivity index (χ3n) is 3.53. The van der Waals surface area contributed by atoms with Gasteiger partial charge in [-0.2, -0.15) is 0 Å². The van der Waals surface area contributed by atoms with E-state index in [0.717, 1.165) is 12.8 Å². The van der Waals surface area contributed by atoms with Crippen LogP contribution in [0.4, 0.5) is 0 Å². The predicted molar refractivity (Wildman–Crippen MR) is 78.2 cm³/mol. The van der Waals surface area contributed by atoms with Gasteiger partial charge in [0.15, 0.2) is 0 Å². The standard InChI is InChI=1S/C14H18N2O4S/c1-9(14(19)20)15-12(17)10-5-2-3-7-16(10)13(18)11-6-4-8-21-11/h4,6,8-10H,2-3,5,7H2,1H3,(H,15,17)(H,19,20)/t9-,10?/m0/s1. The average molecular weight is 310 g/mol. The average Bonchev–Trinajstić information content (AvgIpc) is 3.00. The van der Waals surface area contributed by atoms with Gasteiger partial charge in [-0.15, -0.1) is 11.3 Å². The monoisotopic (exact) mass is 310 g/mol. The van der Waals surface area contributed by atoms with Crippen LogP contribution in [0.2, 0.25) is 0 Å².